The summed E-state index contributed by atoms with van der Waals surface area (Å²) >= 11 is 6.28. The molecule has 0 amide bonds. The van der Waals surface area contributed by atoms with E-state index in [-0.39, 0.29) is 5.78 Å². The highest BCUT2D eigenvalue weighted by Crippen LogP contribution is 2.41. The molecule has 0 saturated heterocycles. The van der Waals surface area contributed by atoms with Gasteiger partial charge in [-0.3, -0.25) is 4.79 Å². The molecule has 152 valence electrons. The Morgan fingerprint density at radius 1 is 0.935 bits per heavy atom. The first-order valence-electron chi connectivity index (χ1n) is 9.96. The quantitative estimate of drug-likeness (QED) is 0.361. The molecule has 0 saturated carbocycles. The topological polar surface area (TPSA) is 51.2 Å². The minimum absolute atomic E-state index is 0.00650. The molecule has 1 aromatic heterocycles. The molecule has 3 aromatic carbocycles. The van der Waals surface area contributed by atoms with Crippen molar-refractivity contribution < 1.29 is 9.53 Å². The molecule has 0 atom stereocenters. The minimum atomic E-state index is -0.00650. The fourth-order valence-corrected chi connectivity index (χ4v) is 4.19. The Morgan fingerprint density at radius 2 is 1.68 bits per heavy atom. The van der Waals surface area contributed by atoms with Crippen molar-refractivity contribution in [1.82, 2.24) is 4.98 Å². The van der Waals surface area contributed by atoms with Crippen LogP contribution in [-0.4, -0.2) is 17.9 Å². The van der Waals surface area contributed by atoms with Crippen molar-refractivity contribution in [2.24, 2.45) is 0 Å². The summed E-state index contributed by atoms with van der Waals surface area (Å²) in [7, 11) is 1.59. The molecule has 0 fully saturated rings. The number of methoxy groups -OCH3 is 1. The van der Waals surface area contributed by atoms with Crippen molar-refractivity contribution in [3.63, 3.8) is 0 Å². The van der Waals surface area contributed by atoms with E-state index >= 15 is 0 Å². The van der Waals surface area contributed by atoms with Gasteiger partial charge in [0.05, 0.1) is 29.1 Å². The molecule has 5 rings (SSSR count). The lowest BCUT2D eigenvalue weighted by Crippen LogP contribution is -2.07. The number of carbonyl (C=O) groups is 1. The van der Waals surface area contributed by atoms with E-state index in [4.69, 9.17) is 21.3 Å². The largest absolute Gasteiger partial charge is 0.495 e. The lowest BCUT2D eigenvalue weighted by atomic mass is 10.1. The molecule has 0 spiro atoms. The van der Waals surface area contributed by atoms with Crippen LogP contribution in [0.25, 0.3) is 22.5 Å². The summed E-state index contributed by atoms with van der Waals surface area (Å²) in [4.78, 5) is 18.1. The molecule has 0 bridgehead atoms. The van der Waals surface area contributed by atoms with Gasteiger partial charge in [-0.2, -0.15) is 0 Å². The maximum atomic E-state index is 13.2. The highest BCUT2D eigenvalue weighted by molar-refractivity contribution is 6.32. The van der Waals surface area contributed by atoms with E-state index in [9.17, 15) is 4.79 Å². The van der Waals surface area contributed by atoms with E-state index in [1.807, 2.05) is 78.9 Å². The SMILES string of the molecule is COc1ccc(CNc2cc(-c3ccccc3)nc3c2C(=O)c2ccccc2-3)cc1Cl. The summed E-state index contributed by atoms with van der Waals surface area (Å²) in [5, 5.41) is 3.99. The van der Waals surface area contributed by atoms with Crippen molar-refractivity contribution in [2.75, 3.05) is 12.4 Å². The number of fused-ring (bicyclic) bond motifs is 3. The van der Waals surface area contributed by atoms with E-state index in [1.54, 1.807) is 7.11 Å². The predicted octanol–water partition coefficient (Wildman–Crippen LogP) is 6.23. The number of rotatable bonds is 5. The smallest absolute Gasteiger partial charge is 0.197 e. The van der Waals surface area contributed by atoms with E-state index in [2.05, 4.69) is 5.32 Å². The third-order valence-electron chi connectivity index (χ3n) is 5.44. The highest BCUT2D eigenvalue weighted by Gasteiger charge is 2.31. The van der Waals surface area contributed by atoms with E-state index < -0.39 is 0 Å². The second-order valence-electron chi connectivity index (χ2n) is 7.34. The van der Waals surface area contributed by atoms with Gasteiger partial charge < -0.3 is 10.1 Å². The van der Waals surface area contributed by atoms with Crippen LogP contribution in [0.15, 0.2) is 78.9 Å². The fraction of sp³-hybridized carbons (Fsp3) is 0.0769. The lowest BCUT2D eigenvalue weighted by molar-refractivity contribution is 0.104. The average molecular weight is 427 g/mol. The number of ketones is 1. The Morgan fingerprint density at radius 3 is 2.42 bits per heavy atom. The Balaban J connectivity index is 1.58. The van der Waals surface area contributed by atoms with Crippen molar-refractivity contribution in [3.8, 4) is 28.3 Å². The van der Waals surface area contributed by atoms with Crippen LogP contribution in [0, 0.1) is 0 Å². The summed E-state index contributed by atoms with van der Waals surface area (Å²) in [5.41, 5.74) is 6.45. The molecule has 5 heteroatoms. The second-order valence-corrected chi connectivity index (χ2v) is 7.75. The third-order valence-corrected chi connectivity index (χ3v) is 5.74. The first-order chi connectivity index (χ1) is 15.2. The van der Waals surface area contributed by atoms with Crippen molar-refractivity contribution in [2.45, 2.75) is 6.54 Å². The van der Waals surface area contributed by atoms with Gasteiger partial charge in [-0.05, 0) is 23.8 Å². The van der Waals surface area contributed by atoms with Gasteiger partial charge in [0.2, 0.25) is 0 Å². The number of hydrogen-bond acceptors (Lipinski definition) is 4. The van der Waals surface area contributed by atoms with Crippen LogP contribution in [0.4, 0.5) is 5.69 Å². The Kier molecular flexibility index (Phi) is 4.92. The standard InChI is InChI=1S/C26H19ClN2O2/c1-31-23-12-11-16(13-20(23)27)15-28-22-14-21(17-7-3-2-4-8-17)29-25-18-9-5-6-10-19(18)26(30)24(22)25/h2-14H,15H2,1H3,(H,28,29). The van der Waals surface area contributed by atoms with Gasteiger partial charge in [-0.1, -0.05) is 72.3 Å². The van der Waals surface area contributed by atoms with Gasteiger partial charge >= 0.3 is 0 Å². The number of ether oxygens (including phenoxy) is 1. The molecule has 0 radical (unpaired) electrons. The molecule has 1 heterocycles. The number of hydrogen-bond donors (Lipinski definition) is 1. The number of aromatic nitrogens is 1. The van der Waals surface area contributed by atoms with Gasteiger partial charge in [0.1, 0.15) is 5.75 Å². The van der Waals surface area contributed by atoms with Crippen LogP contribution in [0.1, 0.15) is 21.5 Å². The summed E-state index contributed by atoms with van der Waals surface area (Å²) in [6.45, 7) is 0.512. The number of nitrogens with zero attached hydrogens (tertiary/aromatic N) is 1. The van der Waals surface area contributed by atoms with Crippen LogP contribution in [0.2, 0.25) is 5.02 Å². The Bertz CT molecular complexity index is 1300. The molecule has 31 heavy (non-hydrogen) atoms. The van der Waals surface area contributed by atoms with Gasteiger partial charge in [0.25, 0.3) is 0 Å². The minimum Gasteiger partial charge on any atom is -0.495 e. The van der Waals surface area contributed by atoms with Gasteiger partial charge in [-0.25, -0.2) is 4.98 Å². The molecular weight excluding hydrogens is 408 g/mol. The predicted molar refractivity (Wildman–Crippen MR) is 124 cm³/mol. The van der Waals surface area contributed by atoms with Gasteiger partial charge in [0.15, 0.2) is 5.78 Å². The zero-order chi connectivity index (χ0) is 21.4. The van der Waals surface area contributed by atoms with E-state index in [0.29, 0.717) is 28.4 Å². The zero-order valence-electron chi connectivity index (χ0n) is 16.9. The molecule has 1 N–H and O–H groups in total. The summed E-state index contributed by atoms with van der Waals surface area (Å²) in [6.07, 6.45) is 0. The van der Waals surface area contributed by atoms with Crippen LogP contribution in [-0.2, 0) is 6.54 Å². The molecular formula is C26H19ClN2O2. The van der Waals surface area contributed by atoms with E-state index in [1.165, 1.54) is 0 Å². The fourth-order valence-electron chi connectivity index (χ4n) is 3.91. The molecule has 0 unspecified atom stereocenters. The molecule has 1 aliphatic rings. The molecule has 1 aliphatic carbocycles. The van der Waals surface area contributed by atoms with Crippen molar-refractivity contribution in [1.29, 1.82) is 0 Å². The van der Waals surface area contributed by atoms with Gasteiger partial charge in [-0.15, -0.1) is 0 Å². The second kappa shape index (κ2) is 7.89. The monoisotopic (exact) mass is 426 g/mol. The normalized spacial score (nSPS) is 11.7. The summed E-state index contributed by atoms with van der Waals surface area (Å²) in [6, 6.07) is 25.2. The Labute approximate surface area is 185 Å². The molecule has 0 aliphatic heterocycles. The van der Waals surface area contributed by atoms with Crippen molar-refractivity contribution in [3.05, 3.63) is 101 Å². The summed E-state index contributed by atoms with van der Waals surface area (Å²) in [5.74, 6) is 0.625. The maximum absolute atomic E-state index is 13.2. The first-order valence-corrected chi connectivity index (χ1v) is 10.3. The molecule has 4 aromatic rings. The van der Waals surface area contributed by atoms with Crippen LogP contribution in [0.3, 0.4) is 0 Å². The molecule has 4 nitrogen and oxygen atoms in total. The zero-order valence-corrected chi connectivity index (χ0v) is 17.6. The Hall–Kier alpha value is -3.63. The number of benzene rings is 3. The number of nitrogens with one attached hydrogen (secondary N) is 1. The summed E-state index contributed by atoms with van der Waals surface area (Å²) < 4.78 is 5.23. The van der Waals surface area contributed by atoms with Gasteiger partial charge in [0, 0.05) is 28.9 Å². The number of carbonyl (C=O) groups excluding carboxylic acids is 1. The average Bonchev–Trinajstić information content (AvgIpc) is 3.10. The number of pyridine rings is 1. The first kappa shape index (κ1) is 19.3. The van der Waals surface area contributed by atoms with Crippen molar-refractivity contribution >= 4 is 23.1 Å². The van der Waals surface area contributed by atoms with Crippen LogP contribution in [0.5, 0.6) is 5.75 Å². The highest BCUT2D eigenvalue weighted by atomic mass is 35.5. The maximum Gasteiger partial charge on any atom is 0.197 e. The number of halogens is 1. The van der Waals surface area contributed by atoms with E-state index in [0.717, 1.165) is 33.8 Å². The third kappa shape index (κ3) is 3.45. The van der Waals surface area contributed by atoms with Crippen LogP contribution >= 0.6 is 11.6 Å². The lowest BCUT2D eigenvalue weighted by Gasteiger charge is -2.14. The van der Waals surface area contributed by atoms with Crippen LogP contribution < -0.4 is 10.1 Å². The number of anilines is 1.